The van der Waals surface area contributed by atoms with E-state index in [1.807, 2.05) is 0 Å². The number of carbonyl (C=O) groups excluding carboxylic acids is 3. The number of aliphatic hydroxyl groups excluding tert-OH is 2. The van der Waals surface area contributed by atoms with E-state index in [9.17, 15) is 24.6 Å². The van der Waals surface area contributed by atoms with Crippen LogP contribution in [0.3, 0.4) is 0 Å². The van der Waals surface area contributed by atoms with Crippen LogP contribution in [0.5, 0.6) is 11.5 Å². The summed E-state index contributed by atoms with van der Waals surface area (Å²) in [6.07, 6.45) is 13.4. The van der Waals surface area contributed by atoms with Crippen LogP contribution in [0.4, 0.5) is 0 Å². The van der Waals surface area contributed by atoms with Crippen molar-refractivity contribution in [1.29, 1.82) is 0 Å². The number of hydrogen-bond donors (Lipinski definition) is 3. The van der Waals surface area contributed by atoms with Crippen molar-refractivity contribution < 1.29 is 34.1 Å². The highest BCUT2D eigenvalue weighted by molar-refractivity contribution is 5.96. The summed E-state index contributed by atoms with van der Waals surface area (Å²) in [6.45, 7) is 2.59. The summed E-state index contributed by atoms with van der Waals surface area (Å²) in [5, 5.41) is 23.8. The molecule has 1 fully saturated rings. The van der Waals surface area contributed by atoms with Crippen LogP contribution in [0.25, 0.3) is 0 Å². The Morgan fingerprint density at radius 1 is 1.10 bits per heavy atom. The summed E-state index contributed by atoms with van der Waals surface area (Å²) in [7, 11) is 1.47. The third kappa shape index (κ3) is 7.72. The average Bonchev–Trinajstić information content (AvgIpc) is 3.74. The Morgan fingerprint density at radius 3 is 2.40 bits per heavy atom. The molecule has 9 heteroatoms. The monoisotopic (exact) mass is 584 g/mol. The Morgan fingerprint density at radius 2 is 1.79 bits per heavy atom. The van der Waals surface area contributed by atoms with Gasteiger partial charge in [0.15, 0.2) is 11.5 Å². The van der Waals surface area contributed by atoms with E-state index in [0.29, 0.717) is 53.4 Å². The molecule has 0 radical (unpaired) electrons. The molecule has 1 aliphatic heterocycles. The second-order valence-electron chi connectivity index (χ2n) is 12.0. The minimum absolute atomic E-state index is 0.0185. The molecule has 4 unspecified atom stereocenters. The number of methoxy groups -OCH3 is 1. The molecule has 232 valence electrons. The SMILES string of the molecule is CCCCCCCCCCCC(=O)N(CC1CC1)C1C=C(C(=O)NCCO)C2c3cc(C=O)cc(OC)c3OC2C1O. The Labute approximate surface area is 249 Å². The molecule has 3 N–H and O–H groups in total. The average molecular weight is 585 g/mol. The minimum Gasteiger partial charge on any atom is -0.493 e. The molecule has 0 saturated heterocycles. The van der Waals surface area contributed by atoms with Crippen molar-refractivity contribution >= 4 is 18.1 Å². The zero-order valence-corrected chi connectivity index (χ0v) is 25.2. The van der Waals surface area contributed by atoms with Crippen molar-refractivity contribution in [1.82, 2.24) is 10.2 Å². The van der Waals surface area contributed by atoms with Gasteiger partial charge in [-0.15, -0.1) is 0 Å². The highest BCUT2D eigenvalue weighted by Crippen LogP contribution is 2.51. The number of unbranched alkanes of at least 4 members (excludes halogenated alkanes) is 8. The van der Waals surface area contributed by atoms with Crippen molar-refractivity contribution in [2.24, 2.45) is 5.92 Å². The molecule has 4 atom stereocenters. The van der Waals surface area contributed by atoms with E-state index in [1.54, 1.807) is 23.1 Å². The number of amides is 2. The first kappa shape index (κ1) is 32.0. The molecule has 0 spiro atoms. The van der Waals surface area contributed by atoms with Gasteiger partial charge in [-0.1, -0.05) is 58.3 Å². The van der Waals surface area contributed by atoms with Gasteiger partial charge < -0.3 is 29.9 Å². The maximum atomic E-state index is 13.7. The normalized spacial score (nSPS) is 22.4. The molecule has 1 saturated carbocycles. The first-order valence-electron chi connectivity index (χ1n) is 15.9. The molecule has 2 amide bonds. The Balaban J connectivity index is 1.53. The molecule has 1 aromatic rings. The van der Waals surface area contributed by atoms with Crippen LogP contribution in [0, 0.1) is 5.92 Å². The molecular formula is C33H48N2O7. The summed E-state index contributed by atoms with van der Waals surface area (Å²) < 4.78 is 11.8. The van der Waals surface area contributed by atoms with Crippen LogP contribution in [0.1, 0.15) is 106 Å². The molecular weight excluding hydrogens is 536 g/mol. The molecule has 0 bridgehead atoms. The molecule has 1 aromatic carbocycles. The van der Waals surface area contributed by atoms with Crippen LogP contribution in [-0.4, -0.2) is 78.3 Å². The largest absolute Gasteiger partial charge is 0.493 e. The number of aliphatic hydroxyl groups is 2. The van der Waals surface area contributed by atoms with Gasteiger partial charge in [-0.05, 0) is 43.4 Å². The second kappa shape index (κ2) is 15.5. The zero-order chi connectivity index (χ0) is 30.1. The van der Waals surface area contributed by atoms with Crippen molar-refractivity contribution in [3.63, 3.8) is 0 Å². The number of nitrogens with zero attached hydrogens (tertiary/aromatic N) is 1. The number of carbonyl (C=O) groups is 3. The molecule has 9 nitrogen and oxygen atoms in total. The fourth-order valence-electron chi connectivity index (χ4n) is 6.26. The number of fused-ring (bicyclic) bond motifs is 3. The molecule has 0 aromatic heterocycles. The van der Waals surface area contributed by atoms with Gasteiger partial charge in [-0.3, -0.25) is 14.4 Å². The third-order valence-electron chi connectivity index (χ3n) is 8.74. The second-order valence-corrected chi connectivity index (χ2v) is 12.0. The smallest absolute Gasteiger partial charge is 0.247 e. The fraction of sp³-hybridized carbons (Fsp3) is 0.667. The van der Waals surface area contributed by atoms with Gasteiger partial charge in [0.25, 0.3) is 0 Å². The van der Waals surface area contributed by atoms with E-state index in [0.717, 1.165) is 32.1 Å². The third-order valence-corrected chi connectivity index (χ3v) is 8.74. The van der Waals surface area contributed by atoms with Crippen molar-refractivity contribution in [3.05, 3.63) is 34.9 Å². The maximum absolute atomic E-state index is 13.7. The summed E-state index contributed by atoms with van der Waals surface area (Å²) >= 11 is 0. The number of hydrogen-bond acceptors (Lipinski definition) is 7. The lowest BCUT2D eigenvalue weighted by atomic mass is 9.77. The Kier molecular flexibility index (Phi) is 11.8. The molecule has 1 heterocycles. The predicted octanol–water partition coefficient (Wildman–Crippen LogP) is 4.29. The Bertz CT molecular complexity index is 1120. The quantitative estimate of drug-likeness (QED) is 0.174. The summed E-state index contributed by atoms with van der Waals surface area (Å²) in [5.41, 5.74) is 1.30. The van der Waals surface area contributed by atoms with E-state index < -0.39 is 30.1 Å². The highest BCUT2D eigenvalue weighted by atomic mass is 16.5. The van der Waals surface area contributed by atoms with Gasteiger partial charge in [0.2, 0.25) is 11.8 Å². The lowest BCUT2D eigenvalue weighted by Gasteiger charge is -2.41. The number of rotatable bonds is 18. The molecule has 3 aliphatic rings. The minimum atomic E-state index is -1.09. The lowest BCUT2D eigenvalue weighted by Crippen LogP contribution is -2.56. The van der Waals surface area contributed by atoms with E-state index in [2.05, 4.69) is 12.2 Å². The zero-order valence-electron chi connectivity index (χ0n) is 25.2. The number of ether oxygens (including phenoxy) is 2. The van der Waals surface area contributed by atoms with Crippen molar-refractivity contribution in [2.75, 3.05) is 26.8 Å². The van der Waals surface area contributed by atoms with Gasteiger partial charge in [0.1, 0.15) is 18.5 Å². The molecule has 42 heavy (non-hydrogen) atoms. The topological polar surface area (TPSA) is 125 Å². The lowest BCUT2D eigenvalue weighted by molar-refractivity contribution is -0.137. The van der Waals surface area contributed by atoms with Gasteiger partial charge in [-0.25, -0.2) is 0 Å². The van der Waals surface area contributed by atoms with Gasteiger partial charge in [0.05, 0.1) is 25.7 Å². The number of benzene rings is 1. The van der Waals surface area contributed by atoms with Crippen LogP contribution in [0.15, 0.2) is 23.8 Å². The molecule has 4 rings (SSSR count). The van der Waals surface area contributed by atoms with Crippen LogP contribution in [-0.2, 0) is 9.59 Å². The molecule has 2 aliphatic carbocycles. The summed E-state index contributed by atoms with van der Waals surface area (Å²) in [4.78, 5) is 40.5. The van der Waals surface area contributed by atoms with Gasteiger partial charge >= 0.3 is 0 Å². The Hall–Kier alpha value is -2.91. The maximum Gasteiger partial charge on any atom is 0.247 e. The first-order valence-corrected chi connectivity index (χ1v) is 15.9. The van der Waals surface area contributed by atoms with Crippen LogP contribution >= 0.6 is 0 Å². The van der Waals surface area contributed by atoms with Crippen molar-refractivity contribution in [3.8, 4) is 11.5 Å². The number of nitrogens with one attached hydrogen (secondary N) is 1. The van der Waals surface area contributed by atoms with Crippen molar-refractivity contribution in [2.45, 2.75) is 108 Å². The summed E-state index contributed by atoms with van der Waals surface area (Å²) in [6, 6.07) is 2.49. The van der Waals surface area contributed by atoms with Crippen LogP contribution < -0.4 is 14.8 Å². The van der Waals surface area contributed by atoms with Gasteiger partial charge in [-0.2, -0.15) is 0 Å². The van der Waals surface area contributed by atoms with E-state index in [-0.39, 0.29) is 19.1 Å². The number of aldehydes is 1. The van der Waals surface area contributed by atoms with E-state index in [4.69, 9.17) is 9.47 Å². The van der Waals surface area contributed by atoms with Crippen LogP contribution in [0.2, 0.25) is 0 Å². The van der Waals surface area contributed by atoms with Gasteiger partial charge in [0, 0.05) is 36.2 Å². The predicted molar refractivity (Wildman–Crippen MR) is 160 cm³/mol. The first-order chi connectivity index (χ1) is 20.4. The summed E-state index contributed by atoms with van der Waals surface area (Å²) in [5.74, 6) is 0.0381. The highest BCUT2D eigenvalue weighted by Gasteiger charge is 2.51. The van der Waals surface area contributed by atoms with E-state index >= 15 is 0 Å². The van der Waals surface area contributed by atoms with E-state index in [1.165, 1.54) is 45.6 Å². The fourth-order valence-corrected chi connectivity index (χ4v) is 6.26. The standard InChI is InChI=1S/C33H48N2O7/c1-3-4-5-6-7-8-9-10-11-12-28(38)35(20-22-13-14-22)26-19-25(33(40)34-15-16-36)29-24-17-23(21-37)18-27(41-2)31(24)42-32(29)30(26)39/h17-19,21-22,26,29-30,32,36,39H,3-16,20H2,1-2H3,(H,34,40).